The van der Waals surface area contributed by atoms with E-state index in [-0.39, 0.29) is 12.4 Å². The molecular formula is C20H22ClN3O2. The molecule has 26 heavy (non-hydrogen) atoms. The van der Waals surface area contributed by atoms with Crippen molar-refractivity contribution in [3.05, 3.63) is 58.9 Å². The molecule has 2 aromatic heterocycles. The van der Waals surface area contributed by atoms with Gasteiger partial charge in [0.2, 0.25) is 0 Å². The molecule has 0 bridgehead atoms. The summed E-state index contributed by atoms with van der Waals surface area (Å²) < 4.78 is 5.18. The van der Waals surface area contributed by atoms with Crippen LogP contribution < -0.4 is 5.32 Å². The lowest BCUT2D eigenvalue weighted by Crippen LogP contribution is -2.09. The Bertz CT molecular complexity index is 957. The van der Waals surface area contributed by atoms with Gasteiger partial charge in [-0.3, -0.25) is 0 Å². The number of halogens is 1. The normalized spacial score (nSPS) is 10.3. The molecule has 0 saturated heterocycles. The highest BCUT2D eigenvalue weighted by molar-refractivity contribution is 6.05. The van der Waals surface area contributed by atoms with E-state index in [4.69, 9.17) is 4.74 Å². The number of nitrogens with one attached hydrogen (secondary N) is 1. The van der Waals surface area contributed by atoms with Crippen molar-refractivity contribution in [3.63, 3.8) is 0 Å². The number of aryl methyl sites for hydroxylation is 3. The Morgan fingerprint density at radius 3 is 2.58 bits per heavy atom. The van der Waals surface area contributed by atoms with Crippen LogP contribution in [0.15, 0.2) is 36.5 Å². The van der Waals surface area contributed by atoms with Crippen molar-refractivity contribution in [2.75, 3.05) is 11.9 Å². The van der Waals surface area contributed by atoms with Gasteiger partial charge in [-0.1, -0.05) is 6.07 Å². The van der Waals surface area contributed by atoms with Crippen LogP contribution in [-0.2, 0) is 4.74 Å². The predicted molar refractivity (Wildman–Crippen MR) is 107 cm³/mol. The van der Waals surface area contributed by atoms with Crippen molar-refractivity contribution < 1.29 is 9.53 Å². The molecule has 0 fully saturated rings. The van der Waals surface area contributed by atoms with Crippen LogP contribution in [-0.4, -0.2) is 22.5 Å². The van der Waals surface area contributed by atoms with E-state index in [1.807, 2.05) is 31.2 Å². The molecule has 2 heterocycles. The lowest BCUT2D eigenvalue weighted by molar-refractivity contribution is 0.0527. The number of carbonyl (C=O) groups excluding carboxylic acids is 1. The zero-order chi connectivity index (χ0) is 18.0. The number of anilines is 2. The Labute approximate surface area is 159 Å². The fourth-order valence-corrected chi connectivity index (χ4v) is 2.63. The number of hydrogen-bond acceptors (Lipinski definition) is 5. The van der Waals surface area contributed by atoms with Gasteiger partial charge < -0.3 is 10.1 Å². The van der Waals surface area contributed by atoms with Gasteiger partial charge in [0.1, 0.15) is 5.56 Å². The van der Waals surface area contributed by atoms with Crippen LogP contribution in [0.25, 0.3) is 11.0 Å². The van der Waals surface area contributed by atoms with Crippen molar-refractivity contribution in [2.45, 2.75) is 27.7 Å². The summed E-state index contributed by atoms with van der Waals surface area (Å²) in [6.07, 6.45) is 1.52. The van der Waals surface area contributed by atoms with Gasteiger partial charge in [0, 0.05) is 23.0 Å². The van der Waals surface area contributed by atoms with Gasteiger partial charge in [-0.15, -0.1) is 12.4 Å². The summed E-state index contributed by atoms with van der Waals surface area (Å²) in [7, 11) is 0. The van der Waals surface area contributed by atoms with Crippen LogP contribution in [0.1, 0.15) is 34.1 Å². The van der Waals surface area contributed by atoms with Crippen LogP contribution in [0.3, 0.4) is 0 Å². The fourth-order valence-electron chi connectivity index (χ4n) is 2.63. The maximum atomic E-state index is 12.4. The molecular weight excluding hydrogens is 350 g/mol. The summed E-state index contributed by atoms with van der Waals surface area (Å²) in [5.41, 5.74) is 5.84. The second-order valence-corrected chi connectivity index (χ2v) is 6.02. The van der Waals surface area contributed by atoms with Gasteiger partial charge in [0.25, 0.3) is 0 Å². The number of hydrogen-bond donors (Lipinski definition) is 1. The number of ether oxygens (including phenoxy) is 1. The first-order chi connectivity index (χ1) is 12.0. The molecule has 0 radical (unpaired) electrons. The minimum atomic E-state index is -0.399. The van der Waals surface area contributed by atoms with Crippen molar-refractivity contribution >= 4 is 40.8 Å². The smallest absolute Gasteiger partial charge is 0.341 e. The van der Waals surface area contributed by atoms with Gasteiger partial charge in [0.05, 0.1) is 12.3 Å². The molecule has 5 nitrogen and oxygen atoms in total. The van der Waals surface area contributed by atoms with Crippen molar-refractivity contribution in [1.82, 2.24) is 9.97 Å². The number of fused-ring (bicyclic) bond motifs is 1. The van der Waals surface area contributed by atoms with E-state index in [2.05, 4.69) is 35.2 Å². The number of carbonyl (C=O) groups is 1. The highest BCUT2D eigenvalue weighted by Crippen LogP contribution is 2.30. The molecule has 0 unspecified atom stereocenters. The zero-order valence-electron chi connectivity index (χ0n) is 15.3. The molecule has 0 aliphatic heterocycles. The molecule has 0 amide bonds. The van der Waals surface area contributed by atoms with Crippen LogP contribution in [0.4, 0.5) is 11.4 Å². The molecule has 6 heteroatoms. The molecule has 0 spiro atoms. The van der Waals surface area contributed by atoms with E-state index in [1.54, 1.807) is 6.92 Å². The highest BCUT2D eigenvalue weighted by atomic mass is 35.5. The van der Waals surface area contributed by atoms with Crippen LogP contribution in [0.2, 0.25) is 0 Å². The minimum Gasteiger partial charge on any atom is -0.462 e. The molecule has 0 aliphatic rings. The number of benzene rings is 1. The lowest BCUT2D eigenvalue weighted by Gasteiger charge is -2.15. The van der Waals surface area contributed by atoms with Gasteiger partial charge in [0.15, 0.2) is 5.65 Å². The fraction of sp³-hybridized carbons (Fsp3) is 0.250. The lowest BCUT2D eigenvalue weighted by atomic mass is 10.1. The van der Waals surface area contributed by atoms with Gasteiger partial charge in [-0.25, -0.2) is 14.8 Å². The molecule has 1 aromatic carbocycles. The third kappa shape index (κ3) is 3.94. The number of aromatic nitrogens is 2. The zero-order valence-corrected chi connectivity index (χ0v) is 16.1. The standard InChI is InChI=1S/C20H21N3O2.ClH/c1-5-25-20(24)17-11-21-19-16(9-7-14(4)22-19)18(17)23-15-8-6-12(2)13(3)10-15;/h6-11H,5H2,1-4H3,(H,21,22,23);1H. The maximum Gasteiger partial charge on any atom is 0.341 e. The third-order valence-electron chi connectivity index (χ3n) is 4.14. The van der Waals surface area contributed by atoms with Gasteiger partial charge in [-0.2, -0.15) is 0 Å². The Morgan fingerprint density at radius 1 is 1.12 bits per heavy atom. The van der Waals surface area contributed by atoms with Crippen LogP contribution >= 0.6 is 12.4 Å². The Morgan fingerprint density at radius 2 is 1.88 bits per heavy atom. The third-order valence-corrected chi connectivity index (χ3v) is 4.14. The Hall–Kier alpha value is -2.66. The van der Waals surface area contributed by atoms with Crippen LogP contribution in [0, 0.1) is 20.8 Å². The quantitative estimate of drug-likeness (QED) is 0.661. The summed E-state index contributed by atoms with van der Waals surface area (Å²) in [6.45, 7) is 8.14. The van der Waals surface area contributed by atoms with Gasteiger partial charge >= 0.3 is 5.97 Å². The molecule has 0 atom stereocenters. The summed E-state index contributed by atoms with van der Waals surface area (Å²) in [5, 5.41) is 4.15. The Balaban J connectivity index is 0.00000243. The molecule has 136 valence electrons. The van der Waals surface area contributed by atoms with Crippen molar-refractivity contribution in [2.24, 2.45) is 0 Å². The van der Waals surface area contributed by atoms with Gasteiger partial charge in [-0.05, 0) is 63.1 Å². The second kappa shape index (κ2) is 8.15. The average molecular weight is 372 g/mol. The summed E-state index contributed by atoms with van der Waals surface area (Å²) in [6, 6.07) is 9.93. The van der Waals surface area contributed by atoms with Crippen LogP contribution in [0.5, 0.6) is 0 Å². The highest BCUT2D eigenvalue weighted by Gasteiger charge is 2.17. The molecule has 0 saturated carbocycles. The summed E-state index contributed by atoms with van der Waals surface area (Å²) in [5.74, 6) is -0.399. The van der Waals surface area contributed by atoms with Crippen molar-refractivity contribution in [1.29, 1.82) is 0 Å². The molecule has 0 aliphatic carbocycles. The van der Waals surface area contributed by atoms with Crippen molar-refractivity contribution in [3.8, 4) is 0 Å². The molecule has 1 N–H and O–H groups in total. The largest absolute Gasteiger partial charge is 0.462 e. The maximum absolute atomic E-state index is 12.4. The van der Waals surface area contributed by atoms with E-state index in [9.17, 15) is 4.79 Å². The van der Waals surface area contributed by atoms with E-state index in [1.165, 1.54) is 17.3 Å². The van der Waals surface area contributed by atoms with E-state index in [0.29, 0.717) is 23.5 Å². The molecule has 3 aromatic rings. The number of esters is 1. The average Bonchev–Trinajstić information content (AvgIpc) is 2.58. The minimum absolute atomic E-state index is 0. The first-order valence-corrected chi connectivity index (χ1v) is 8.27. The predicted octanol–water partition coefficient (Wildman–Crippen LogP) is 4.90. The van der Waals surface area contributed by atoms with E-state index in [0.717, 1.165) is 16.8 Å². The number of nitrogens with zero attached hydrogens (tertiary/aromatic N) is 2. The van der Waals surface area contributed by atoms with E-state index < -0.39 is 5.97 Å². The number of rotatable bonds is 4. The molecule has 3 rings (SSSR count). The Kier molecular flexibility index (Phi) is 6.16. The van der Waals surface area contributed by atoms with E-state index >= 15 is 0 Å². The monoisotopic (exact) mass is 371 g/mol. The first-order valence-electron chi connectivity index (χ1n) is 8.27. The summed E-state index contributed by atoms with van der Waals surface area (Å²) in [4.78, 5) is 21.1. The second-order valence-electron chi connectivity index (χ2n) is 6.02. The topological polar surface area (TPSA) is 64.1 Å². The summed E-state index contributed by atoms with van der Waals surface area (Å²) >= 11 is 0. The SMILES string of the molecule is CCOC(=O)c1cnc2nc(C)ccc2c1Nc1ccc(C)c(C)c1.Cl. The number of pyridine rings is 2. The first kappa shape index (κ1) is 19.7.